The molecule has 0 fully saturated rings. The molecule has 1 atom stereocenters. The van der Waals surface area contributed by atoms with Gasteiger partial charge in [-0.3, -0.25) is 0 Å². The minimum atomic E-state index is -2.18. The predicted molar refractivity (Wildman–Crippen MR) is 101 cm³/mol. The molecule has 0 amide bonds. The van der Waals surface area contributed by atoms with Crippen LogP contribution in [0.3, 0.4) is 0 Å². The third-order valence-electron chi connectivity index (χ3n) is 3.59. The fourth-order valence-electron chi connectivity index (χ4n) is 1.91. The Bertz CT molecular complexity index is 514. The van der Waals surface area contributed by atoms with Gasteiger partial charge in [-0.15, -0.1) is 0 Å². The Kier molecular flexibility index (Phi) is 10.6. The summed E-state index contributed by atoms with van der Waals surface area (Å²) in [5.41, 5.74) is 0. The fourth-order valence-corrected chi connectivity index (χ4v) is 2.54. The van der Waals surface area contributed by atoms with E-state index in [-0.39, 0.29) is 0 Å². The van der Waals surface area contributed by atoms with Crippen molar-refractivity contribution in [1.29, 1.82) is 0 Å². The van der Waals surface area contributed by atoms with E-state index in [0.717, 1.165) is 5.92 Å². The number of benzene rings is 2. The van der Waals surface area contributed by atoms with Gasteiger partial charge in [-0.25, -0.2) is 9.05 Å². The summed E-state index contributed by atoms with van der Waals surface area (Å²) in [5, 5.41) is 0. The van der Waals surface area contributed by atoms with Crippen molar-refractivity contribution in [3.05, 3.63) is 60.7 Å². The minimum Gasteiger partial charge on any atom is -0.222 e. The van der Waals surface area contributed by atoms with E-state index in [1.165, 1.54) is 25.7 Å². The van der Waals surface area contributed by atoms with Crippen molar-refractivity contribution >= 4 is 8.25 Å². The van der Waals surface area contributed by atoms with Crippen LogP contribution in [0.15, 0.2) is 60.7 Å². The standard InChI is InChI=1S/C12H10O3P.C8H18/c13-16(14-11-7-3-1-4-8-11)15-12-9-5-2-6-10-12;1-4-6-7-8(3)5-2/h1-10H;8H,4-7H2,1-3H3/q+1;. The normalized spacial score (nSPS) is 11.0. The van der Waals surface area contributed by atoms with Crippen molar-refractivity contribution in [3.8, 4) is 11.5 Å². The molecule has 3 nitrogen and oxygen atoms in total. The Morgan fingerprint density at radius 1 is 0.875 bits per heavy atom. The van der Waals surface area contributed by atoms with Gasteiger partial charge < -0.3 is 0 Å². The molecule has 0 spiro atoms. The van der Waals surface area contributed by atoms with Crippen LogP contribution in [-0.2, 0) is 4.57 Å². The summed E-state index contributed by atoms with van der Waals surface area (Å²) in [6.07, 6.45) is 5.53. The highest BCUT2D eigenvalue weighted by Crippen LogP contribution is 2.29. The first-order chi connectivity index (χ1) is 11.7. The maximum absolute atomic E-state index is 11.5. The third kappa shape index (κ3) is 9.32. The summed E-state index contributed by atoms with van der Waals surface area (Å²) >= 11 is 0. The zero-order valence-electron chi connectivity index (χ0n) is 14.9. The molecule has 1 unspecified atom stereocenters. The molecule has 0 saturated carbocycles. The lowest BCUT2D eigenvalue weighted by Crippen LogP contribution is -1.89. The quantitative estimate of drug-likeness (QED) is 0.481. The van der Waals surface area contributed by atoms with E-state index < -0.39 is 8.25 Å². The van der Waals surface area contributed by atoms with E-state index in [0.29, 0.717) is 11.5 Å². The smallest absolute Gasteiger partial charge is 0.222 e. The highest BCUT2D eigenvalue weighted by atomic mass is 31.1. The fraction of sp³-hybridized carbons (Fsp3) is 0.400. The molecule has 0 saturated heterocycles. The lowest BCUT2D eigenvalue weighted by atomic mass is 10.0. The van der Waals surface area contributed by atoms with E-state index in [4.69, 9.17) is 9.05 Å². The van der Waals surface area contributed by atoms with Crippen LogP contribution in [0.1, 0.15) is 46.5 Å². The maximum Gasteiger partial charge on any atom is 0.805 e. The lowest BCUT2D eigenvalue weighted by molar-refractivity contribution is 0.415. The summed E-state index contributed by atoms with van der Waals surface area (Å²) in [7, 11) is -2.18. The first-order valence-electron chi connectivity index (χ1n) is 8.59. The van der Waals surface area contributed by atoms with Crippen LogP contribution in [0.2, 0.25) is 0 Å². The molecular weight excluding hydrogens is 319 g/mol. The molecule has 0 heterocycles. The Morgan fingerprint density at radius 3 is 1.71 bits per heavy atom. The molecule has 0 bridgehead atoms. The van der Waals surface area contributed by atoms with Gasteiger partial charge in [0.2, 0.25) is 0 Å². The molecule has 0 aromatic heterocycles. The number of hydrogen-bond donors (Lipinski definition) is 0. The number of rotatable bonds is 8. The molecule has 2 aromatic rings. The first kappa shape index (κ1) is 20.2. The van der Waals surface area contributed by atoms with E-state index in [9.17, 15) is 4.57 Å². The summed E-state index contributed by atoms with van der Waals surface area (Å²) in [5.74, 6) is 2.01. The van der Waals surface area contributed by atoms with Gasteiger partial charge in [0.25, 0.3) is 0 Å². The second-order valence-electron chi connectivity index (χ2n) is 5.69. The largest absolute Gasteiger partial charge is 0.805 e. The van der Waals surface area contributed by atoms with Gasteiger partial charge in [-0.2, -0.15) is 0 Å². The van der Waals surface area contributed by atoms with E-state index >= 15 is 0 Å². The summed E-state index contributed by atoms with van der Waals surface area (Å²) in [4.78, 5) is 0. The van der Waals surface area contributed by atoms with Crippen LogP contribution in [0.25, 0.3) is 0 Å². The third-order valence-corrected chi connectivity index (χ3v) is 4.31. The van der Waals surface area contributed by atoms with Crippen LogP contribution < -0.4 is 9.05 Å². The lowest BCUT2D eigenvalue weighted by Gasteiger charge is -2.04. The monoisotopic (exact) mass is 347 g/mol. The SMILES string of the molecule is CCCCC(C)CC.O=[P+](Oc1ccccc1)Oc1ccccc1. The minimum absolute atomic E-state index is 0.527. The molecule has 2 rings (SSSR count). The van der Waals surface area contributed by atoms with E-state index in [1.807, 2.05) is 12.1 Å². The molecule has 0 aliphatic heterocycles. The van der Waals surface area contributed by atoms with Crippen LogP contribution in [-0.4, -0.2) is 0 Å². The van der Waals surface area contributed by atoms with Crippen molar-refractivity contribution in [2.24, 2.45) is 5.92 Å². The van der Waals surface area contributed by atoms with Gasteiger partial charge in [0, 0.05) is 4.57 Å². The Morgan fingerprint density at radius 2 is 1.33 bits per heavy atom. The maximum atomic E-state index is 11.5. The summed E-state index contributed by atoms with van der Waals surface area (Å²) < 4.78 is 21.7. The highest BCUT2D eigenvalue weighted by Gasteiger charge is 2.23. The van der Waals surface area contributed by atoms with Gasteiger partial charge >= 0.3 is 8.25 Å². The molecule has 2 aromatic carbocycles. The second kappa shape index (κ2) is 12.5. The molecule has 4 heteroatoms. The predicted octanol–water partition coefficient (Wildman–Crippen LogP) is 7.02. The van der Waals surface area contributed by atoms with Gasteiger partial charge in [0.15, 0.2) is 11.5 Å². The first-order valence-corrected chi connectivity index (χ1v) is 9.68. The van der Waals surface area contributed by atoms with Gasteiger partial charge in [-0.05, 0) is 30.2 Å². The molecule has 130 valence electrons. The molecule has 24 heavy (non-hydrogen) atoms. The van der Waals surface area contributed by atoms with E-state index in [2.05, 4.69) is 20.8 Å². The van der Waals surface area contributed by atoms with E-state index in [1.54, 1.807) is 48.5 Å². The zero-order valence-corrected chi connectivity index (χ0v) is 15.7. The molecule has 0 aliphatic rings. The topological polar surface area (TPSA) is 35.5 Å². The Balaban J connectivity index is 0.000000307. The number of para-hydroxylation sites is 2. The highest BCUT2D eigenvalue weighted by molar-refractivity contribution is 7.34. The van der Waals surface area contributed by atoms with Gasteiger partial charge in [0.1, 0.15) is 0 Å². The molecular formula is C20H28O3P+. The van der Waals surface area contributed by atoms with Crippen LogP contribution in [0, 0.1) is 5.92 Å². The van der Waals surface area contributed by atoms with Crippen LogP contribution >= 0.6 is 8.25 Å². The van der Waals surface area contributed by atoms with Gasteiger partial charge in [-0.1, -0.05) is 82.9 Å². The number of hydrogen-bond acceptors (Lipinski definition) is 3. The molecule has 0 N–H and O–H groups in total. The van der Waals surface area contributed by atoms with Crippen LogP contribution in [0.5, 0.6) is 11.5 Å². The molecule has 0 aliphatic carbocycles. The van der Waals surface area contributed by atoms with Crippen molar-refractivity contribution in [2.75, 3.05) is 0 Å². The van der Waals surface area contributed by atoms with Crippen LogP contribution in [0.4, 0.5) is 0 Å². The number of unbranched alkanes of at least 4 members (excludes halogenated alkanes) is 1. The van der Waals surface area contributed by atoms with Crippen molar-refractivity contribution < 1.29 is 13.6 Å². The Hall–Kier alpha value is -1.86. The summed E-state index contributed by atoms with van der Waals surface area (Å²) in [6.45, 7) is 6.85. The van der Waals surface area contributed by atoms with Crippen molar-refractivity contribution in [3.63, 3.8) is 0 Å². The van der Waals surface area contributed by atoms with Crippen molar-refractivity contribution in [2.45, 2.75) is 46.5 Å². The second-order valence-corrected chi connectivity index (χ2v) is 6.50. The summed E-state index contributed by atoms with van der Waals surface area (Å²) in [6, 6.07) is 17.8. The van der Waals surface area contributed by atoms with Gasteiger partial charge in [0.05, 0.1) is 0 Å². The molecule has 0 radical (unpaired) electrons. The Labute approximate surface area is 147 Å². The zero-order chi connectivity index (χ0) is 17.6. The average Bonchev–Trinajstić information content (AvgIpc) is 2.61. The average molecular weight is 347 g/mol. The van der Waals surface area contributed by atoms with Crippen molar-refractivity contribution in [1.82, 2.24) is 0 Å².